The molecule has 2 rings (SSSR count). The van der Waals surface area contributed by atoms with Gasteiger partial charge in [0.2, 0.25) is 0 Å². The van der Waals surface area contributed by atoms with E-state index in [9.17, 15) is 35.5 Å². The Morgan fingerprint density at radius 2 is 1.71 bits per heavy atom. The number of ether oxygens (including phenoxy) is 3. The first-order valence-corrected chi connectivity index (χ1v) is 8.02. The molecule has 0 spiro atoms. The van der Waals surface area contributed by atoms with Crippen molar-refractivity contribution >= 4 is 11.6 Å². The van der Waals surface area contributed by atoms with Crippen LogP contribution in [0.1, 0.15) is 12.8 Å². The number of hydrogen-bond acceptors (Lipinski definition) is 4. The second-order valence-corrected chi connectivity index (χ2v) is 5.94. The van der Waals surface area contributed by atoms with E-state index in [4.69, 9.17) is 4.74 Å². The fourth-order valence-electron chi connectivity index (χ4n) is 2.23. The number of benzene rings is 1. The molecule has 158 valence electrons. The van der Waals surface area contributed by atoms with E-state index in [2.05, 4.69) is 14.8 Å². The molecule has 1 aliphatic rings. The zero-order valence-corrected chi connectivity index (χ0v) is 14.2. The van der Waals surface area contributed by atoms with Gasteiger partial charge in [0.15, 0.2) is 13.2 Å². The van der Waals surface area contributed by atoms with Crippen molar-refractivity contribution in [3.05, 3.63) is 18.2 Å². The number of hydrogen-bond donors (Lipinski definition) is 1. The molecule has 0 bridgehead atoms. The first-order valence-electron chi connectivity index (χ1n) is 8.02. The number of carbonyl (C=O) groups excluding carboxylic acids is 1. The third kappa shape index (κ3) is 6.73. The van der Waals surface area contributed by atoms with Crippen LogP contribution in [-0.2, 0) is 9.53 Å². The maximum absolute atomic E-state index is 13.0. The van der Waals surface area contributed by atoms with Gasteiger partial charge in [-0.3, -0.25) is 4.79 Å². The zero-order chi connectivity index (χ0) is 20.9. The lowest BCUT2D eigenvalue weighted by Gasteiger charge is -2.18. The van der Waals surface area contributed by atoms with Crippen LogP contribution in [0.15, 0.2) is 18.2 Å². The molecule has 1 atom stereocenters. The van der Waals surface area contributed by atoms with Gasteiger partial charge in [-0.1, -0.05) is 0 Å². The largest absolute Gasteiger partial charge is 0.487 e. The molecule has 1 aromatic rings. The number of carbonyl (C=O) groups is 1. The van der Waals surface area contributed by atoms with E-state index < -0.39 is 55.2 Å². The highest BCUT2D eigenvalue weighted by molar-refractivity contribution is 5.94. The third-order valence-electron chi connectivity index (χ3n) is 3.52. The lowest BCUT2D eigenvalue weighted by atomic mass is 10.2. The van der Waals surface area contributed by atoms with E-state index in [1.807, 2.05) is 0 Å². The van der Waals surface area contributed by atoms with Gasteiger partial charge < -0.3 is 19.5 Å². The zero-order valence-electron chi connectivity index (χ0n) is 14.2. The normalized spacial score (nSPS) is 17.6. The summed E-state index contributed by atoms with van der Waals surface area (Å²) >= 11 is 0. The van der Waals surface area contributed by atoms with Crippen LogP contribution in [-0.4, -0.2) is 50.4 Å². The Bertz CT molecular complexity index is 675. The Kier molecular flexibility index (Phi) is 6.96. The van der Waals surface area contributed by atoms with Crippen LogP contribution in [0.3, 0.4) is 0 Å². The van der Waals surface area contributed by atoms with Gasteiger partial charge in [-0.15, -0.1) is 0 Å². The first kappa shape index (κ1) is 22.1. The number of alkyl halides is 7. The lowest BCUT2D eigenvalue weighted by Crippen LogP contribution is -2.33. The molecule has 0 radical (unpaired) electrons. The summed E-state index contributed by atoms with van der Waals surface area (Å²) in [5, 5.41) is 2.34. The van der Waals surface area contributed by atoms with Crippen molar-refractivity contribution in [1.29, 1.82) is 0 Å². The van der Waals surface area contributed by atoms with Crippen LogP contribution in [0.2, 0.25) is 0 Å². The molecular weight excluding hydrogens is 403 g/mol. The van der Waals surface area contributed by atoms with E-state index in [1.54, 1.807) is 0 Å². The lowest BCUT2D eigenvalue weighted by molar-refractivity contribution is -0.153. The summed E-state index contributed by atoms with van der Waals surface area (Å²) < 4.78 is 102. The van der Waals surface area contributed by atoms with Crippen molar-refractivity contribution in [3.8, 4) is 11.5 Å². The molecule has 1 saturated heterocycles. The summed E-state index contributed by atoms with van der Waals surface area (Å²) in [6.45, 7) is -3.04. The molecule has 1 aromatic carbocycles. The van der Waals surface area contributed by atoms with Crippen LogP contribution in [0.25, 0.3) is 0 Å². The van der Waals surface area contributed by atoms with Crippen molar-refractivity contribution in [3.63, 3.8) is 0 Å². The van der Waals surface area contributed by atoms with Gasteiger partial charge in [0.25, 0.3) is 5.91 Å². The summed E-state index contributed by atoms with van der Waals surface area (Å²) in [5.41, 5.74) is -0.129. The van der Waals surface area contributed by atoms with E-state index in [-0.39, 0.29) is 5.69 Å². The Hall–Kier alpha value is -2.24. The number of anilines is 1. The number of rotatable bonds is 8. The second kappa shape index (κ2) is 8.84. The molecule has 0 aliphatic carbocycles. The van der Waals surface area contributed by atoms with E-state index >= 15 is 0 Å². The summed E-state index contributed by atoms with van der Waals surface area (Å²) in [7, 11) is 0. The van der Waals surface area contributed by atoms with Crippen molar-refractivity contribution in [1.82, 2.24) is 0 Å². The Balaban J connectivity index is 2.16. The average Bonchev–Trinajstić information content (AvgIpc) is 3.12. The molecule has 1 heterocycles. The maximum atomic E-state index is 13.0. The number of halogens is 7. The molecule has 12 heteroatoms. The van der Waals surface area contributed by atoms with Gasteiger partial charge in [0, 0.05) is 30.5 Å². The minimum Gasteiger partial charge on any atom is -0.487 e. The predicted octanol–water partition coefficient (Wildman–Crippen LogP) is 4.02. The summed E-state index contributed by atoms with van der Waals surface area (Å²) in [5.74, 6) is -6.01. The van der Waals surface area contributed by atoms with E-state index in [1.165, 1.54) is 0 Å². The van der Waals surface area contributed by atoms with Crippen LogP contribution in [0.4, 0.5) is 36.4 Å². The van der Waals surface area contributed by atoms with Crippen LogP contribution >= 0.6 is 0 Å². The molecule has 28 heavy (non-hydrogen) atoms. The molecule has 0 saturated carbocycles. The second-order valence-electron chi connectivity index (χ2n) is 5.94. The monoisotopic (exact) mass is 419 g/mol. The Morgan fingerprint density at radius 1 is 1.11 bits per heavy atom. The van der Waals surface area contributed by atoms with Crippen LogP contribution in [0.5, 0.6) is 11.5 Å². The molecule has 1 N–H and O–H groups in total. The fourth-order valence-corrected chi connectivity index (χ4v) is 2.23. The van der Waals surface area contributed by atoms with E-state index in [0.29, 0.717) is 19.4 Å². The van der Waals surface area contributed by atoms with Crippen LogP contribution in [0, 0.1) is 0 Å². The SMILES string of the molecule is O=C(Nc1cc(OCC(F)(F)F)cc(OCC(F)(F)C(F)F)c1)C1CCCO1. The summed E-state index contributed by atoms with van der Waals surface area (Å²) in [4.78, 5) is 12.0. The highest BCUT2D eigenvalue weighted by Gasteiger charge is 2.41. The minimum atomic E-state index is -4.68. The predicted molar refractivity (Wildman–Crippen MR) is 82.0 cm³/mol. The third-order valence-corrected chi connectivity index (χ3v) is 3.52. The minimum absolute atomic E-state index is 0.129. The van der Waals surface area contributed by atoms with Gasteiger partial charge in [0.05, 0.1) is 0 Å². The Morgan fingerprint density at radius 3 is 2.21 bits per heavy atom. The molecule has 1 amide bonds. The molecule has 1 aliphatic heterocycles. The quantitative estimate of drug-likeness (QED) is 0.647. The highest BCUT2D eigenvalue weighted by Crippen LogP contribution is 2.30. The van der Waals surface area contributed by atoms with Crippen LogP contribution < -0.4 is 14.8 Å². The Labute approximate surface area is 154 Å². The van der Waals surface area contributed by atoms with Crippen molar-refractivity contribution in [2.24, 2.45) is 0 Å². The molecule has 0 aromatic heterocycles. The van der Waals surface area contributed by atoms with Gasteiger partial charge in [-0.05, 0) is 12.8 Å². The van der Waals surface area contributed by atoms with Gasteiger partial charge in [-0.2, -0.15) is 22.0 Å². The maximum Gasteiger partial charge on any atom is 0.422 e. The summed E-state index contributed by atoms with van der Waals surface area (Å²) in [6, 6.07) is 2.82. The van der Waals surface area contributed by atoms with Gasteiger partial charge in [0.1, 0.15) is 17.6 Å². The standard InChI is InChI=1S/C16H16F7NO4/c17-14(18)15(19,20)7-27-10-4-9(24-13(25)12-2-1-3-26-12)5-11(6-10)28-8-16(21,22)23/h4-6,12,14H,1-3,7-8H2,(H,24,25). The first-order chi connectivity index (χ1) is 13.0. The van der Waals surface area contributed by atoms with E-state index in [0.717, 1.165) is 18.2 Å². The molecular formula is C16H16F7NO4. The van der Waals surface area contributed by atoms with Gasteiger partial charge >= 0.3 is 18.5 Å². The molecule has 1 unspecified atom stereocenters. The van der Waals surface area contributed by atoms with Gasteiger partial charge in [-0.25, -0.2) is 8.78 Å². The summed E-state index contributed by atoms with van der Waals surface area (Å²) in [6.07, 6.45) is -8.37. The number of amides is 1. The highest BCUT2D eigenvalue weighted by atomic mass is 19.4. The van der Waals surface area contributed by atoms with Crippen molar-refractivity contribution < 1.29 is 49.7 Å². The number of nitrogens with one attached hydrogen (secondary N) is 1. The topological polar surface area (TPSA) is 56.8 Å². The molecule has 5 nitrogen and oxygen atoms in total. The fraction of sp³-hybridized carbons (Fsp3) is 0.562. The average molecular weight is 419 g/mol. The van der Waals surface area contributed by atoms with Crippen molar-refractivity contribution in [2.75, 3.05) is 25.1 Å². The smallest absolute Gasteiger partial charge is 0.422 e. The molecule has 1 fully saturated rings. The van der Waals surface area contributed by atoms with Crippen molar-refractivity contribution in [2.45, 2.75) is 37.5 Å².